The first kappa shape index (κ1) is 13.1. The van der Waals surface area contributed by atoms with Crippen LogP contribution in [0.15, 0.2) is 12.1 Å². The predicted molar refractivity (Wildman–Crippen MR) is 70.1 cm³/mol. The predicted octanol–water partition coefficient (Wildman–Crippen LogP) is 1.69. The summed E-state index contributed by atoms with van der Waals surface area (Å²) in [6.45, 7) is 1.32. The van der Waals surface area contributed by atoms with E-state index in [4.69, 9.17) is 16.3 Å². The molecule has 18 heavy (non-hydrogen) atoms. The van der Waals surface area contributed by atoms with E-state index in [0.717, 1.165) is 19.4 Å². The quantitative estimate of drug-likeness (QED) is 0.876. The molecule has 1 fully saturated rings. The van der Waals surface area contributed by atoms with E-state index in [9.17, 15) is 4.79 Å². The van der Waals surface area contributed by atoms with Crippen molar-refractivity contribution in [1.29, 1.82) is 0 Å². The van der Waals surface area contributed by atoms with Crippen molar-refractivity contribution in [3.05, 3.63) is 22.8 Å². The number of nitrogens with one attached hydrogen (secondary N) is 2. The molecule has 2 rings (SSSR count). The Hall–Kier alpha value is -1.33. The van der Waals surface area contributed by atoms with E-state index in [-0.39, 0.29) is 17.6 Å². The van der Waals surface area contributed by atoms with Crippen LogP contribution in [-0.2, 0) is 4.74 Å². The number of carbonyl (C=O) groups excluding carboxylic acids is 1. The molecule has 6 heteroatoms. The number of hydrogen-bond donors (Lipinski definition) is 2. The number of nitrogens with zero attached hydrogens (tertiary/aromatic N) is 1. The lowest BCUT2D eigenvalue weighted by atomic mass is 10.1. The number of pyridine rings is 1. The third kappa shape index (κ3) is 3.11. The summed E-state index contributed by atoms with van der Waals surface area (Å²) in [6.07, 6.45) is 1.89. The van der Waals surface area contributed by atoms with Crippen LogP contribution in [0, 0.1) is 0 Å². The van der Waals surface area contributed by atoms with E-state index in [0.29, 0.717) is 17.4 Å². The highest BCUT2D eigenvalue weighted by atomic mass is 35.5. The van der Waals surface area contributed by atoms with E-state index in [2.05, 4.69) is 15.6 Å². The van der Waals surface area contributed by atoms with Crippen molar-refractivity contribution in [3.8, 4) is 0 Å². The van der Waals surface area contributed by atoms with Gasteiger partial charge in [0.2, 0.25) is 0 Å². The van der Waals surface area contributed by atoms with Crippen LogP contribution in [0.3, 0.4) is 0 Å². The second kappa shape index (κ2) is 6.02. The monoisotopic (exact) mass is 269 g/mol. The molecule has 1 aliphatic rings. The molecule has 1 aromatic heterocycles. The Labute approximate surface area is 111 Å². The highest BCUT2D eigenvalue weighted by Gasteiger charge is 2.19. The largest absolute Gasteiger partial charge is 0.379 e. The summed E-state index contributed by atoms with van der Waals surface area (Å²) < 4.78 is 5.31. The SMILES string of the molecule is CNc1ccc(Cl)c(C(=O)NC2CCCOC2)n1. The van der Waals surface area contributed by atoms with Crippen LogP contribution in [-0.4, -0.2) is 37.2 Å². The first-order valence-electron chi connectivity index (χ1n) is 5.93. The number of hydrogen-bond acceptors (Lipinski definition) is 4. The van der Waals surface area contributed by atoms with Crippen LogP contribution < -0.4 is 10.6 Å². The van der Waals surface area contributed by atoms with Gasteiger partial charge in [-0.3, -0.25) is 4.79 Å². The zero-order chi connectivity index (χ0) is 13.0. The summed E-state index contributed by atoms with van der Waals surface area (Å²) in [7, 11) is 1.74. The average molecular weight is 270 g/mol. The van der Waals surface area contributed by atoms with Crippen molar-refractivity contribution in [1.82, 2.24) is 10.3 Å². The number of rotatable bonds is 3. The Balaban J connectivity index is 2.07. The minimum Gasteiger partial charge on any atom is -0.379 e. The van der Waals surface area contributed by atoms with Gasteiger partial charge in [0.05, 0.1) is 17.7 Å². The fourth-order valence-corrected chi connectivity index (χ4v) is 2.04. The lowest BCUT2D eigenvalue weighted by Crippen LogP contribution is -2.41. The Morgan fingerprint density at radius 1 is 1.56 bits per heavy atom. The van der Waals surface area contributed by atoms with Gasteiger partial charge in [0.25, 0.3) is 5.91 Å². The molecule has 1 saturated heterocycles. The van der Waals surface area contributed by atoms with Gasteiger partial charge in [-0.15, -0.1) is 0 Å². The van der Waals surface area contributed by atoms with E-state index in [1.54, 1.807) is 19.2 Å². The average Bonchev–Trinajstić information content (AvgIpc) is 2.40. The van der Waals surface area contributed by atoms with E-state index < -0.39 is 0 Å². The summed E-state index contributed by atoms with van der Waals surface area (Å²) in [5.41, 5.74) is 0.245. The molecule has 0 bridgehead atoms. The van der Waals surface area contributed by atoms with Crippen molar-refractivity contribution >= 4 is 23.3 Å². The molecule has 1 unspecified atom stereocenters. The summed E-state index contributed by atoms with van der Waals surface area (Å²) in [6, 6.07) is 3.43. The van der Waals surface area contributed by atoms with E-state index in [1.165, 1.54) is 0 Å². The number of halogens is 1. The Bertz CT molecular complexity index is 433. The van der Waals surface area contributed by atoms with Crippen molar-refractivity contribution in [2.45, 2.75) is 18.9 Å². The summed E-state index contributed by atoms with van der Waals surface area (Å²) in [4.78, 5) is 16.2. The lowest BCUT2D eigenvalue weighted by Gasteiger charge is -2.23. The molecule has 2 heterocycles. The standard InChI is InChI=1S/C12H16ClN3O2/c1-14-10-5-4-9(13)11(16-10)12(17)15-8-3-2-6-18-7-8/h4-5,8H,2-3,6-7H2,1H3,(H,14,16)(H,15,17). The van der Waals surface area contributed by atoms with Crippen molar-refractivity contribution in [2.75, 3.05) is 25.6 Å². The van der Waals surface area contributed by atoms with Crippen LogP contribution in [0.25, 0.3) is 0 Å². The zero-order valence-electron chi connectivity index (χ0n) is 10.2. The van der Waals surface area contributed by atoms with Crippen LogP contribution in [0.1, 0.15) is 23.3 Å². The van der Waals surface area contributed by atoms with Crippen LogP contribution in [0.5, 0.6) is 0 Å². The van der Waals surface area contributed by atoms with Crippen LogP contribution in [0.2, 0.25) is 5.02 Å². The van der Waals surface area contributed by atoms with Crippen molar-refractivity contribution < 1.29 is 9.53 Å². The molecule has 0 spiro atoms. The summed E-state index contributed by atoms with van der Waals surface area (Å²) in [5.74, 6) is 0.358. The number of anilines is 1. The molecule has 1 atom stereocenters. The number of amides is 1. The molecule has 0 saturated carbocycles. The van der Waals surface area contributed by atoms with Gasteiger partial charge >= 0.3 is 0 Å². The van der Waals surface area contributed by atoms with Gasteiger partial charge in [0.15, 0.2) is 0 Å². The summed E-state index contributed by atoms with van der Waals surface area (Å²) >= 11 is 5.98. The van der Waals surface area contributed by atoms with Crippen LogP contribution in [0.4, 0.5) is 5.82 Å². The topological polar surface area (TPSA) is 63.2 Å². The smallest absolute Gasteiger partial charge is 0.271 e. The van der Waals surface area contributed by atoms with E-state index in [1.807, 2.05) is 0 Å². The maximum atomic E-state index is 12.1. The molecule has 0 aliphatic carbocycles. The van der Waals surface area contributed by atoms with Gasteiger partial charge in [0.1, 0.15) is 11.5 Å². The minimum absolute atomic E-state index is 0.0439. The molecule has 98 valence electrons. The fraction of sp³-hybridized carbons (Fsp3) is 0.500. The van der Waals surface area contributed by atoms with E-state index >= 15 is 0 Å². The van der Waals surface area contributed by atoms with Gasteiger partial charge in [-0.2, -0.15) is 0 Å². The van der Waals surface area contributed by atoms with Gasteiger partial charge in [-0.1, -0.05) is 11.6 Å². The zero-order valence-corrected chi connectivity index (χ0v) is 11.0. The molecule has 0 radical (unpaired) electrons. The third-order valence-corrected chi connectivity index (χ3v) is 3.12. The van der Waals surface area contributed by atoms with Gasteiger partial charge in [-0.05, 0) is 25.0 Å². The minimum atomic E-state index is -0.257. The van der Waals surface area contributed by atoms with Crippen molar-refractivity contribution in [2.24, 2.45) is 0 Å². The fourth-order valence-electron chi connectivity index (χ4n) is 1.85. The highest BCUT2D eigenvalue weighted by molar-refractivity contribution is 6.33. The Morgan fingerprint density at radius 3 is 3.06 bits per heavy atom. The Kier molecular flexibility index (Phi) is 4.38. The molecule has 1 amide bonds. The number of aromatic nitrogens is 1. The molecule has 5 nitrogen and oxygen atoms in total. The molecular weight excluding hydrogens is 254 g/mol. The molecular formula is C12H16ClN3O2. The third-order valence-electron chi connectivity index (χ3n) is 2.81. The maximum Gasteiger partial charge on any atom is 0.271 e. The second-order valence-corrected chi connectivity index (χ2v) is 4.57. The molecule has 2 N–H and O–H groups in total. The Morgan fingerprint density at radius 2 is 2.39 bits per heavy atom. The van der Waals surface area contributed by atoms with Gasteiger partial charge < -0.3 is 15.4 Å². The molecule has 1 aliphatic heterocycles. The normalized spacial score (nSPS) is 19.3. The first-order valence-corrected chi connectivity index (χ1v) is 6.31. The first-order chi connectivity index (χ1) is 8.70. The second-order valence-electron chi connectivity index (χ2n) is 4.16. The summed E-state index contributed by atoms with van der Waals surface area (Å²) in [5, 5.41) is 6.12. The number of ether oxygens (including phenoxy) is 1. The number of carbonyl (C=O) groups is 1. The van der Waals surface area contributed by atoms with Crippen molar-refractivity contribution in [3.63, 3.8) is 0 Å². The highest BCUT2D eigenvalue weighted by Crippen LogP contribution is 2.17. The molecule has 0 aromatic carbocycles. The lowest BCUT2D eigenvalue weighted by molar-refractivity contribution is 0.0622. The molecule has 1 aromatic rings. The van der Waals surface area contributed by atoms with Gasteiger partial charge in [-0.25, -0.2) is 4.98 Å². The van der Waals surface area contributed by atoms with Crippen LogP contribution >= 0.6 is 11.6 Å². The van der Waals surface area contributed by atoms with Gasteiger partial charge in [0, 0.05) is 13.7 Å². The maximum absolute atomic E-state index is 12.1.